The van der Waals surface area contributed by atoms with Gasteiger partial charge in [-0.15, -0.1) is 11.3 Å². The normalized spacial score (nSPS) is 16.3. The minimum atomic E-state index is -1.19. The Morgan fingerprint density at radius 1 is 1.18 bits per heavy atom. The summed E-state index contributed by atoms with van der Waals surface area (Å²) in [5.74, 6) is -0.460. The number of piperidine rings is 1. The van der Waals surface area contributed by atoms with Crippen LogP contribution in [-0.4, -0.2) is 55.4 Å². The highest BCUT2D eigenvalue weighted by atomic mass is 127. The SMILES string of the molecule is CC1(O)CCN(c2nccc(-c3nc4cc(I)c([C@H](OC(C)(C)C)C(=O)O)c(-c5ccc(Cl)cc5)c4s3)n2)CC1. The summed E-state index contributed by atoms with van der Waals surface area (Å²) in [6.45, 7) is 8.73. The van der Waals surface area contributed by atoms with E-state index in [1.54, 1.807) is 18.3 Å². The van der Waals surface area contributed by atoms with E-state index in [0.717, 1.165) is 24.9 Å². The maximum atomic E-state index is 12.6. The standard InChI is InChI=1S/C29H30ClIN4O4S/c1-28(2,3)39-23(26(36)37)22-18(31)15-20-24(21(22)16-5-7-17(30)8-6-16)40-25(33-20)19-9-12-32-27(34-19)35-13-10-29(4,38)11-14-35/h5-9,12,15,23,38H,10-11,13-14H2,1-4H3,(H,36,37)/t23-/m0/s1. The van der Waals surface area contributed by atoms with Crippen molar-refractivity contribution >= 4 is 67.7 Å². The first kappa shape index (κ1) is 29.1. The van der Waals surface area contributed by atoms with Crippen molar-refractivity contribution in [3.8, 4) is 21.8 Å². The number of aromatic nitrogens is 3. The molecule has 3 heterocycles. The predicted molar refractivity (Wildman–Crippen MR) is 167 cm³/mol. The van der Waals surface area contributed by atoms with Crippen LogP contribution in [0.5, 0.6) is 0 Å². The van der Waals surface area contributed by atoms with E-state index < -0.39 is 23.3 Å². The molecule has 210 valence electrons. The van der Waals surface area contributed by atoms with Gasteiger partial charge in [0.05, 0.1) is 21.4 Å². The van der Waals surface area contributed by atoms with Crippen molar-refractivity contribution in [2.75, 3.05) is 18.0 Å². The number of carboxylic acid groups (broad SMARTS) is 1. The quantitative estimate of drug-likeness (QED) is 0.209. The van der Waals surface area contributed by atoms with Crippen molar-refractivity contribution in [1.82, 2.24) is 15.0 Å². The summed E-state index contributed by atoms with van der Waals surface area (Å²) >= 11 is 9.83. The summed E-state index contributed by atoms with van der Waals surface area (Å²) in [7, 11) is 0. The Labute approximate surface area is 255 Å². The monoisotopic (exact) mass is 692 g/mol. The van der Waals surface area contributed by atoms with E-state index in [0.29, 0.717) is 53.2 Å². The average Bonchev–Trinajstić information content (AvgIpc) is 3.30. The number of benzene rings is 2. The molecule has 0 unspecified atom stereocenters. The van der Waals surface area contributed by atoms with Gasteiger partial charge >= 0.3 is 5.97 Å². The molecular formula is C29H30ClIN4O4S. The number of nitrogens with zero attached hydrogens (tertiary/aromatic N) is 4. The zero-order valence-corrected chi connectivity index (χ0v) is 26.3. The summed E-state index contributed by atoms with van der Waals surface area (Å²) in [6.07, 6.45) is 1.84. The molecule has 1 saturated heterocycles. The largest absolute Gasteiger partial charge is 0.479 e. The first-order chi connectivity index (χ1) is 18.8. The Bertz CT molecular complexity index is 1560. The summed E-state index contributed by atoms with van der Waals surface area (Å²) in [4.78, 5) is 28.9. The van der Waals surface area contributed by atoms with Crippen molar-refractivity contribution in [2.24, 2.45) is 0 Å². The number of thiazole rings is 1. The molecule has 8 nitrogen and oxygen atoms in total. The number of carbonyl (C=O) groups is 1. The summed E-state index contributed by atoms with van der Waals surface area (Å²) in [5, 5.41) is 21.9. The number of aliphatic carboxylic acids is 1. The van der Waals surface area contributed by atoms with Gasteiger partial charge in [0.15, 0.2) is 6.10 Å². The Hall–Kier alpha value is -2.38. The van der Waals surface area contributed by atoms with Crippen LogP contribution in [0.25, 0.3) is 32.0 Å². The van der Waals surface area contributed by atoms with Crippen molar-refractivity contribution in [3.05, 3.63) is 56.8 Å². The van der Waals surface area contributed by atoms with Gasteiger partial charge in [-0.3, -0.25) is 0 Å². The molecule has 2 N–H and O–H groups in total. The van der Waals surface area contributed by atoms with E-state index >= 15 is 0 Å². The third kappa shape index (κ3) is 6.25. The molecule has 0 spiro atoms. The molecule has 1 atom stereocenters. The zero-order chi connectivity index (χ0) is 28.8. The van der Waals surface area contributed by atoms with Crippen molar-refractivity contribution < 1.29 is 19.7 Å². The number of aliphatic hydroxyl groups is 1. The summed E-state index contributed by atoms with van der Waals surface area (Å²) < 4.78 is 7.68. The van der Waals surface area contributed by atoms with Crippen LogP contribution in [0.1, 0.15) is 52.2 Å². The Morgan fingerprint density at radius 2 is 1.85 bits per heavy atom. The number of fused-ring (bicyclic) bond motifs is 1. The van der Waals surface area contributed by atoms with E-state index in [2.05, 4.69) is 32.5 Å². The summed E-state index contributed by atoms with van der Waals surface area (Å²) in [6, 6.07) is 11.1. The molecule has 2 aromatic heterocycles. The molecule has 0 amide bonds. The lowest BCUT2D eigenvalue weighted by molar-refractivity contribution is -0.160. The molecule has 0 saturated carbocycles. The first-order valence-corrected chi connectivity index (χ1v) is 15.2. The zero-order valence-electron chi connectivity index (χ0n) is 22.6. The maximum absolute atomic E-state index is 12.6. The average molecular weight is 693 g/mol. The highest BCUT2D eigenvalue weighted by Crippen LogP contribution is 2.44. The van der Waals surface area contributed by atoms with E-state index in [1.165, 1.54) is 11.3 Å². The second kappa shape index (κ2) is 11.1. The van der Waals surface area contributed by atoms with Crippen LogP contribution in [0.15, 0.2) is 42.6 Å². The van der Waals surface area contributed by atoms with Crippen molar-refractivity contribution in [3.63, 3.8) is 0 Å². The summed E-state index contributed by atoms with van der Waals surface area (Å²) in [5.41, 5.74) is 2.23. The minimum Gasteiger partial charge on any atom is -0.479 e. The molecule has 5 rings (SSSR count). The first-order valence-electron chi connectivity index (χ1n) is 12.9. The van der Waals surface area contributed by atoms with Crippen LogP contribution in [0.4, 0.5) is 5.95 Å². The Kier molecular flexibility index (Phi) is 8.10. The molecule has 0 bridgehead atoms. The van der Waals surface area contributed by atoms with Gasteiger partial charge in [0, 0.05) is 39.0 Å². The topological polar surface area (TPSA) is 109 Å². The van der Waals surface area contributed by atoms with Gasteiger partial charge in [-0.25, -0.2) is 19.7 Å². The molecule has 2 aromatic carbocycles. The van der Waals surface area contributed by atoms with Gasteiger partial charge in [0.1, 0.15) is 10.7 Å². The van der Waals surface area contributed by atoms with Crippen molar-refractivity contribution in [2.45, 2.75) is 57.8 Å². The van der Waals surface area contributed by atoms with Gasteiger partial charge in [0.25, 0.3) is 0 Å². The van der Waals surface area contributed by atoms with Crippen LogP contribution in [0.3, 0.4) is 0 Å². The molecule has 1 aliphatic rings. The molecule has 11 heteroatoms. The molecule has 0 radical (unpaired) electrons. The van der Waals surface area contributed by atoms with Crippen LogP contribution in [0, 0.1) is 3.57 Å². The van der Waals surface area contributed by atoms with Crippen LogP contribution in [0.2, 0.25) is 5.02 Å². The number of carboxylic acids is 1. The van der Waals surface area contributed by atoms with Gasteiger partial charge in [0.2, 0.25) is 5.95 Å². The smallest absolute Gasteiger partial charge is 0.337 e. The lowest BCUT2D eigenvalue weighted by Crippen LogP contribution is -2.43. The third-order valence-corrected chi connectivity index (χ3v) is 9.00. The number of anilines is 1. The fraction of sp³-hybridized carbons (Fsp3) is 0.379. The lowest BCUT2D eigenvalue weighted by Gasteiger charge is -2.35. The Balaban J connectivity index is 1.66. The fourth-order valence-electron chi connectivity index (χ4n) is 4.71. The molecule has 1 fully saturated rings. The molecular weight excluding hydrogens is 663 g/mol. The van der Waals surface area contributed by atoms with E-state index in [4.69, 9.17) is 26.3 Å². The van der Waals surface area contributed by atoms with E-state index in [-0.39, 0.29) is 0 Å². The number of hydrogen-bond acceptors (Lipinski definition) is 8. The number of rotatable bonds is 6. The van der Waals surface area contributed by atoms with Gasteiger partial charge in [-0.05, 0) is 93.0 Å². The molecule has 0 aliphatic carbocycles. The number of halogens is 2. The third-order valence-electron chi connectivity index (χ3n) is 6.75. The molecule has 4 aromatic rings. The minimum absolute atomic E-state index is 0.580. The number of ether oxygens (including phenoxy) is 1. The van der Waals surface area contributed by atoms with Gasteiger partial charge < -0.3 is 19.8 Å². The Morgan fingerprint density at radius 3 is 2.48 bits per heavy atom. The highest BCUT2D eigenvalue weighted by Gasteiger charge is 2.33. The maximum Gasteiger partial charge on any atom is 0.337 e. The molecule has 40 heavy (non-hydrogen) atoms. The second-order valence-corrected chi connectivity index (χ2v) is 13.8. The van der Waals surface area contributed by atoms with Crippen LogP contribution < -0.4 is 4.90 Å². The number of hydrogen-bond donors (Lipinski definition) is 2. The second-order valence-electron chi connectivity index (χ2n) is 11.2. The van der Waals surface area contributed by atoms with Gasteiger partial charge in [-0.1, -0.05) is 23.7 Å². The van der Waals surface area contributed by atoms with Gasteiger partial charge in [-0.2, -0.15) is 0 Å². The van der Waals surface area contributed by atoms with E-state index in [1.807, 2.05) is 52.0 Å². The molecule has 1 aliphatic heterocycles. The van der Waals surface area contributed by atoms with Crippen molar-refractivity contribution in [1.29, 1.82) is 0 Å². The predicted octanol–water partition coefficient (Wildman–Crippen LogP) is 6.97. The highest BCUT2D eigenvalue weighted by molar-refractivity contribution is 14.1. The fourth-order valence-corrected chi connectivity index (χ4v) is 6.78. The van der Waals surface area contributed by atoms with Crippen LogP contribution in [-0.2, 0) is 9.53 Å². The van der Waals surface area contributed by atoms with E-state index in [9.17, 15) is 15.0 Å². The lowest BCUT2D eigenvalue weighted by atomic mass is 9.94. The van der Waals surface area contributed by atoms with Crippen LogP contribution >= 0.6 is 45.5 Å².